The van der Waals surface area contributed by atoms with Gasteiger partial charge in [-0.3, -0.25) is 14.9 Å². The Hall–Kier alpha value is -1.59. The number of carbonyl (C=O) groups is 3. The number of carbonyl (C=O) groups excluding carboxylic acids is 2. The third kappa shape index (κ3) is 3.18. The molecule has 1 atom stereocenters. The third-order valence-corrected chi connectivity index (χ3v) is 2.80. The molecular formula is C11H18N2O4. The van der Waals surface area contributed by atoms with Gasteiger partial charge in [0.1, 0.15) is 5.92 Å². The molecule has 1 saturated heterocycles. The Labute approximate surface area is 100.0 Å². The zero-order valence-corrected chi connectivity index (χ0v) is 10.3. The number of piperidine rings is 1. The molecule has 0 bridgehead atoms. The first kappa shape index (κ1) is 13.5. The summed E-state index contributed by atoms with van der Waals surface area (Å²) in [7, 11) is 0. The van der Waals surface area contributed by atoms with Crippen molar-refractivity contribution < 1.29 is 19.5 Å². The molecule has 1 aliphatic rings. The minimum absolute atomic E-state index is 0.289. The topological polar surface area (TPSA) is 86.7 Å². The maximum absolute atomic E-state index is 12.1. The van der Waals surface area contributed by atoms with Gasteiger partial charge in [-0.15, -0.1) is 0 Å². The molecule has 0 spiro atoms. The third-order valence-electron chi connectivity index (χ3n) is 2.80. The van der Waals surface area contributed by atoms with Crippen LogP contribution in [-0.2, 0) is 9.59 Å². The summed E-state index contributed by atoms with van der Waals surface area (Å²) in [4.78, 5) is 35.6. The minimum Gasteiger partial charge on any atom is -0.465 e. The van der Waals surface area contributed by atoms with Gasteiger partial charge in [0, 0.05) is 12.1 Å². The van der Waals surface area contributed by atoms with Gasteiger partial charge in [0.15, 0.2) is 0 Å². The zero-order valence-electron chi connectivity index (χ0n) is 10.3. The molecule has 1 heterocycles. The Kier molecular flexibility index (Phi) is 3.75. The average Bonchev–Trinajstić information content (AvgIpc) is 2.14. The lowest BCUT2D eigenvalue weighted by Crippen LogP contribution is -2.54. The molecular weight excluding hydrogens is 224 g/mol. The first-order chi connectivity index (χ1) is 7.73. The van der Waals surface area contributed by atoms with E-state index in [9.17, 15) is 14.4 Å². The van der Waals surface area contributed by atoms with Gasteiger partial charge in [-0.05, 0) is 33.6 Å². The number of hydrogen-bond acceptors (Lipinski definition) is 3. The van der Waals surface area contributed by atoms with Crippen LogP contribution in [0.25, 0.3) is 0 Å². The van der Waals surface area contributed by atoms with Crippen molar-refractivity contribution in [3.05, 3.63) is 0 Å². The molecule has 0 aliphatic carbocycles. The monoisotopic (exact) mass is 242 g/mol. The fourth-order valence-corrected chi connectivity index (χ4v) is 1.98. The lowest BCUT2D eigenvalue weighted by Gasteiger charge is -2.40. The molecule has 1 unspecified atom stereocenters. The van der Waals surface area contributed by atoms with Gasteiger partial charge in [-0.2, -0.15) is 0 Å². The summed E-state index contributed by atoms with van der Waals surface area (Å²) in [5.41, 5.74) is -0.348. The molecule has 6 heteroatoms. The van der Waals surface area contributed by atoms with Crippen LogP contribution in [0.15, 0.2) is 0 Å². The lowest BCUT2D eigenvalue weighted by molar-refractivity contribution is -0.148. The smallest absolute Gasteiger partial charge is 0.411 e. The normalized spacial score (nSPS) is 21.2. The molecule has 6 nitrogen and oxygen atoms in total. The highest BCUT2D eigenvalue weighted by Crippen LogP contribution is 2.25. The number of imide groups is 1. The van der Waals surface area contributed by atoms with Gasteiger partial charge in [0.25, 0.3) is 0 Å². The van der Waals surface area contributed by atoms with Crippen molar-refractivity contribution in [2.24, 2.45) is 5.92 Å². The van der Waals surface area contributed by atoms with E-state index in [1.54, 1.807) is 10.2 Å². The molecule has 1 aliphatic heterocycles. The van der Waals surface area contributed by atoms with Gasteiger partial charge in [-0.25, -0.2) is 4.79 Å². The van der Waals surface area contributed by atoms with Gasteiger partial charge in [-0.1, -0.05) is 0 Å². The molecule has 0 aromatic rings. The molecule has 3 amide bonds. The van der Waals surface area contributed by atoms with Crippen molar-refractivity contribution >= 4 is 17.9 Å². The molecule has 17 heavy (non-hydrogen) atoms. The van der Waals surface area contributed by atoms with E-state index in [0.29, 0.717) is 19.4 Å². The van der Waals surface area contributed by atoms with Crippen LogP contribution in [0.3, 0.4) is 0 Å². The van der Waals surface area contributed by atoms with Crippen molar-refractivity contribution in [3.63, 3.8) is 0 Å². The standard InChI is InChI=1S/C11H18N2O4/c1-11(2,3)13-6-4-5-7(9(13)15)8(14)12-10(16)17/h7H,4-6H2,1-3H3,(H,12,14)(H,16,17). The molecule has 1 rings (SSSR count). The maximum atomic E-state index is 12.1. The van der Waals surface area contributed by atoms with E-state index in [1.807, 2.05) is 20.8 Å². The minimum atomic E-state index is -1.42. The van der Waals surface area contributed by atoms with E-state index in [1.165, 1.54) is 0 Å². The van der Waals surface area contributed by atoms with Gasteiger partial charge < -0.3 is 10.0 Å². The summed E-state index contributed by atoms with van der Waals surface area (Å²) >= 11 is 0. The molecule has 2 N–H and O–H groups in total. The average molecular weight is 242 g/mol. The fourth-order valence-electron chi connectivity index (χ4n) is 1.98. The number of nitrogens with zero attached hydrogens (tertiary/aromatic N) is 1. The Morgan fingerprint density at radius 2 is 2.00 bits per heavy atom. The van der Waals surface area contributed by atoms with Gasteiger partial charge in [0.05, 0.1) is 0 Å². The van der Waals surface area contributed by atoms with Crippen LogP contribution >= 0.6 is 0 Å². The van der Waals surface area contributed by atoms with Gasteiger partial charge >= 0.3 is 6.09 Å². The van der Waals surface area contributed by atoms with E-state index >= 15 is 0 Å². The first-order valence-electron chi connectivity index (χ1n) is 5.59. The van der Waals surface area contributed by atoms with Crippen molar-refractivity contribution in [2.45, 2.75) is 39.2 Å². The van der Waals surface area contributed by atoms with Crippen LogP contribution in [0, 0.1) is 5.92 Å². The van der Waals surface area contributed by atoms with E-state index in [4.69, 9.17) is 5.11 Å². The van der Waals surface area contributed by atoms with E-state index < -0.39 is 17.9 Å². The summed E-state index contributed by atoms with van der Waals surface area (Å²) < 4.78 is 0. The van der Waals surface area contributed by atoms with Gasteiger partial charge in [0.2, 0.25) is 11.8 Å². The number of likely N-dealkylation sites (tertiary alicyclic amines) is 1. The Bertz CT molecular complexity index is 346. The number of rotatable bonds is 1. The number of carboxylic acid groups (broad SMARTS) is 1. The second-order valence-electron chi connectivity index (χ2n) is 5.15. The summed E-state index contributed by atoms with van der Waals surface area (Å²) in [6.07, 6.45) is -0.304. The number of hydrogen-bond donors (Lipinski definition) is 2. The SMILES string of the molecule is CC(C)(C)N1CCCC(C(=O)NC(=O)O)C1=O. The Morgan fingerprint density at radius 3 is 2.47 bits per heavy atom. The maximum Gasteiger partial charge on any atom is 0.411 e. The van der Waals surface area contributed by atoms with E-state index in [2.05, 4.69) is 0 Å². The second-order valence-corrected chi connectivity index (χ2v) is 5.15. The van der Waals surface area contributed by atoms with Crippen LogP contribution in [0.4, 0.5) is 4.79 Å². The molecule has 96 valence electrons. The summed E-state index contributed by atoms with van der Waals surface area (Å²) in [5, 5.41) is 10.2. The molecule has 1 fully saturated rings. The quantitative estimate of drug-likeness (QED) is 0.666. The highest BCUT2D eigenvalue weighted by molar-refractivity contribution is 6.05. The molecule has 0 aromatic carbocycles. The Balaban J connectivity index is 2.79. The number of nitrogens with one attached hydrogen (secondary N) is 1. The second kappa shape index (κ2) is 4.73. The largest absolute Gasteiger partial charge is 0.465 e. The Morgan fingerprint density at radius 1 is 1.41 bits per heavy atom. The van der Waals surface area contributed by atoms with Crippen molar-refractivity contribution in [1.29, 1.82) is 0 Å². The van der Waals surface area contributed by atoms with Crippen molar-refractivity contribution in [2.75, 3.05) is 6.54 Å². The first-order valence-corrected chi connectivity index (χ1v) is 5.59. The highest BCUT2D eigenvalue weighted by Gasteiger charge is 2.38. The van der Waals surface area contributed by atoms with Crippen LogP contribution in [-0.4, -0.2) is 40.0 Å². The van der Waals surface area contributed by atoms with Crippen LogP contribution < -0.4 is 5.32 Å². The molecule has 0 radical (unpaired) electrons. The number of amides is 3. The molecule has 0 saturated carbocycles. The summed E-state index contributed by atoms with van der Waals surface area (Å²) in [5.74, 6) is -1.89. The summed E-state index contributed by atoms with van der Waals surface area (Å²) in [6.45, 7) is 6.28. The molecule has 0 aromatic heterocycles. The van der Waals surface area contributed by atoms with E-state index in [-0.39, 0.29) is 11.4 Å². The lowest BCUT2D eigenvalue weighted by atomic mass is 9.92. The van der Waals surface area contributed by atoms with E-state index in [0.717, 1.165) is 0 Å². The van der Waals surface area contributed by atoms with Crippen molar-refractivity contribution in [1.82, 2.24) is 10.2 Å². The van der Waals surface area contributed by atoms with Crippen LogP contribution in [0.1, 0.15) is 33.6 Å². The zero-order chi connectivity index (χ0) is 13.2. The van der Waals surface area contributed by atoms with Crippen molar-refractivity contribution in [3.8, 4) is 0 Å². The fraction of sp³-hybridized carbons (Fsp3) is 0.727. The predicted molar refractivity (Wildman–Crippen MR) is 60.4 cm³/mol. The van der Waals surface area contributed by atoms with Crippen LogP contribution in [0.2, 0.25) is 0 Å². The summed E-state index contributed by atoms with van der Waals surface area (Å²) in [6, 6.07) is 0. The predicted octanol–water partition coefficient (Wildman–Crippen LogP) is 0.818. The van der Waals surface area contributed by atoms with Crippen LogP contribution in [0.5, 0.6) is 0 Å². The highest BCUT2D eigenvalue weighted by atomic mass is 16.4.